The van der Waals surface area contributed by atoms with Crippen molar-refractivity contribution in [3.63, 3.8) is 0 Å². The van der Waals surface area contributed by atoms with Crippen molar-refractivity contribution in [1.82, 2.24) is 0 Å². The molecule has 1 saturated heterocycles. The van der Waals surface area contributed by atoms with Gasteiger partial charge in [-0.05, 0) is 99.7 Å². The van der Waals surface area contributed by atoms with Gasteiger partial charge in [0, 0.05) is 10.8 Å². The molecule has 45 heavy (non-hydrogen) atoms. The molecular weight excluding hydrogens is 576 g/mol. The molecule has 4 aliphatic carbocycles. The second kappa shape index (κ2) is 12.1. The lowest BCUT2D eigenvalue weighted by Crippen LogP contribution is -2.65. The summed E-state index contributed by atoms with van der Waals surface area (Å²) in [7, 11) is 0. The summed E-state index contributed by atoms with van der Waals surface area (Å²) >= 11 is 0. The molecule has 0 aromatic rings. The van der Waals surface area contributed by atoms with Crippen LogP contribution in [0.25, 0.3) is 0 Å². The molecule has 5 rings (SSSR count). The van der Waals surface area contributed by atoms with Crippen molar-refractivity contribution in [3.8, 4) is 0 Å². The van der Waals surface area contributed by atoms with Crippen LogP contribution in [0.2, 0.25) is 0 Å². The van der Waals surface area contributed by atoms with Crippen molar-refractivity contribution in [2.75, 3.05) is 6.61 Å². The third-order valence-corrected chi connectivity index (χ3v) is 14.2. The number of aliphatic hydroxyl groups excluding tert-OH is 6. The third-order valence-electron chi connectivity index (χ3n) is 14.2. The molecule has 15 atom stereocenters. The van der Waals surface area contributed by atoms with Gasteiger partial charge in [0.15, 0.2) is 6.29 Å². The maximum absolute atomic E-state index is 12.2. The van der Waals surface area contributed by atoms with E-state index in [1.165, 1.54) is 5.57 Å². The summed E-state index contributed by atoms with van der Waals surface area (Å²) in [5.41, 5.74) is -0.615. The van der Waals surface area contributed by atoms with Gasteiger partial charge in [0.05, 0.1) is 30.5 Å². The van der Waals surface area contributed by atoms with Crippen LogP contribution in [0.5, 0.6) is 0 Å². The van der Waals surface area contributed by atoms with Crippen LogP contribution in [0.15, 0.2) is 11.6 Å². The average molecular weight is 638 g/mol. The molecule has 9 heteroatoms. The lowest BCUT2D eigenvalue weighted by atomic mass is 9.38. The summed E-state index contributed by atoms with van der Waals surface area (Å²) in [6.07, 6.45) is 1.73. The monoisotopic (exact) mass is 637 g/mol. The fourth-order valence-corrected chi connectivity index (χ4v) is 11.0. The van der Waals surface area contributed by atoms with Gasteiger partial charge in [-0.2, -0.15) is 0 Å². The molecule has 9 unspecified atom stereocenters. The van der Waals surface area contributed by atoms with E-state index >= 15 is 0 Å². The van der Waals surface area contributed by atoms with Crippen molar-refractivity contribution in [2.45, 2.75) is 155 Å². The van der Waals surface area contributed by atoms with Crippen LogP contribution in [0.1, 0.15) is 100 Å². The van der Waals surface area contributed by atoms with Crippen molar-refractivity contribution >= 4 is 0 Å². The standard InChI is InChI=1S/C36H61O9/c1-19(23(38)14-15-32(2,3)43)20-13-16-34(6)25-11-9-21-22(36(25,8)26(39)17-35(20,34)7)10-12-27(33(21,4)5)45-31-30(42)29(41)28(40)24(18-37)44-31/h9,15,19-20,22-31,37-43H,10-14,16-18H2,1-8H3/t19-,20+,22?,23?,24?,25-,26?,27?,28?,29?,30?,31?,34-,35+,36-/m0/s1. The third kappa shape index (κ3) is 5.58. The molecule has 3 saturated carbocycles. The number of rotatable bonds is 8. The van der Waals surface area contributed by atoms with E-state index in [2.05, 4.69) is 47.6 Å². The summed E-state index contributed by atoms with van der Waals surface area (Å²) < 4.78 is 12.1. The van der Waals surface area contributed by atoms with Gasteiger partial charge in [0.2, 0.25) is 0 Å². The average Bonchev–Trinajstić information content (AvgIpc) is 3.22. The Labute approximate surface area is 270 Å². The Hall–Kier alpha value is -0.620. The Bertz CT molecular complexity index is 1100. The van der Waals surface area contributed by atoms with Crippen LogP contribution in [0, 0.1) is 51.8 Å². The molecule has 5 aliphatic rings. The van der Waals surface area contributed by atoms with Crippen LogP contribution in [0.3, 0.4) is 0 Å². The van der Waals surface area contributed by atoms with Gasteiger partial charge in [-0.3, -0.25) is 0 Å². The fourth-order valence-electron chi connectivity index (χ4n) is 11.0. The van der Waals surface area contributed by atoms with Crippen molar-refractivity contribution in [1.29, 1.82) is 0 Å². The van der Waals surface area contributed by atoms with Crippen LogP contribution < -0.4 is 0 Å². The Balaban J connectivity index is 1.38. The molecule has 4 fully saturated rings. The van der Waals surface area contributed by atoms with Crippen LogP contribution in [-0.4, -0.2) is 97.0 Å². The summed E-state index contributed by atoms with van der Waals surface area (Å²) in [5, 5.41) is 74.5. The van der Waals surface area contributed by atoms with Gasteiger partial charge in [-0.1, -0.05) is 53.2 Å². The largest absolute Gasteiger partial charge is 0.394 e. The quantitative estimate of drug-likeness (QED) is 0.199. The highest BCUT2D eigenvalue weighted by Crippen LogP contribution is 2.75. The highest BCUT2D eigenvalue weighted by atomic mass is 16.7. The maximum Gasteiger partial charge on any atom is 0.187 e. The second-order valence-electron chi connectivity index (χ2n) is 17.2. The van der Waals surface area contributed by atoms with Crippen LogP contribution in [0.4, 0.5) is 0 Å². The number of allylic oxidation sites excluding steroid dienone is 1. The number of aliphatic hydroxyl groups is 7. The van der Waals surface area contributed by atoms with Crippen molar-refractivity contribution < 1.29 is 45.2 Å². The first-order valence-corrected chi connectivity index (χ1v) is 17.3. The van der Waals surface area contributed by atoms with Crippen LogP contribution >= 0.6 is 0 Å². The second-order valence-corrected chi connectivity index (χ2v) is 17.2. The van der Waals surface area contributed by atoms with Crippen molar-refractivity contribution in [3.05, 3.63) is 18.1 Å². The molecule has 0 amide bonds. The zero-order chi connectivity index (χ0) is 33.5. The van der Waals surface area contributed by atoms with E-state index in [9.17, 15) is 35.7 Å². The summed E-state index contributed by atoms with van der Waals surface area (Å²) in [6, 6.07) is 0. The fraction of sp³-hybridized carbons (Fsp3) is 0.917. The molecule has 259 valence electrons. The first kappa shape index (κ1) is 35.7. The minimum absolute atomic E-state index is 0.0184. The Morgan fingerprint density at radius 1 is 1.00 bits per heavy atom. The smallest absolute Gasteiger partial charge is 0.187 e. The molecule has 0 aromatic carbocycles. The van der Waals surface area contributed by atoms with E-state index in [1.54, 1.807) is 20.3 Å². The summed E-state index contributed by atoms with van der Waals surface area (Å²) in [5.74, 6) is 0.719. The Kier molecular flexibility index (Phi) is 9.56. The molecule has 9 nitrogen and oxygen atoms in total. The lowest BCUT2D eigenvalue weighted by molar-refractivity contribution is -0.320. The molecule has 1 radical (unpaired) electrons. The minimum atomic E-state index is -1.49. The van der Waals surface area contributed by atoms with E-state index in [0.717, 1.165) is 25.7 Å². The zero-order valence-corrected chi connectivity index (χ0v) is 28.7. The predicted octanol–water partition coefficient (Wildman–Crippen LogP) is 3.11. The normalized spacial score (nSPS) is 49.4. The van der Waals surface area contributed by atoms with Gasteiger partial charge >= 0.3 is 0 Å². The van der Waals surface area contributed by atoms with Gasteiger partial charge in [-0.15, -0.1) is 0 Å². The van der Waals surface area contributed by atoms with Crippen molar-refractivity contribution in [2.24, 2.45) is 45.3 Å². The highest BCUT2D eigenvalue weighted by Gasteiger charge is 2.70. The van der Waals surface area contributed by atoms with E-state index in [-0.39, 0.29) is 46.0 Å². The predicted molar refractivity (Wildman–Crippen MR) is 169 cm³/mol. The molecular formula is C36H61O9. The highest BCUT2D eigenvalue weighted by molar-refractivity contribution is 5.32. The van der Waals surface area contributed by atoms with Gasteiger partial charge in [0.1, 0.15) is 24.4 Å². The SMILES string of the molecule is C[C@H](C(O)C[CH]C(C)(C)O)[C@H]1CC[C@@]2(C)[C@@H]3CC=C4C(CCC(OC5OC(CO)C(O)C(O)C5O)C4(C)C)[C@]3(C)C(O)C[C@]12C. The first-order valence-electron chi connectivity index (χ1n) is 17.3. The van der Waals surface area contributed by atoms with Gasteiger partial charge in [-0.25, -0.2) is 0 Å². The Morgan fingerprint density at radius 2 is 1.67 bits per heavy atom. The van der Waals surface area contributed by atoms with E-state index < -0.39 is 60.5 Å². The topological polar surface area (TPSA) is 160 Å². The maximum atomic E-state index is 12.2. The first-order chi connectivity index (χ1) is 20.7. The Morgan fingerprint density at radius 3 is 2.29 bits per heavy atom. The van der Waals surface area contributed by atoms with E-state index in [0.29, 0.717) is 19.3 Å². The van der Waals surface area contributed by atoms with Gasteiger partial charge in [0.25, 0.3) is 0 Å². The zero-order valence-electron chi connectivity index (χ0n) is 28.7. The molecule has 1 heterocycles. The lowest BCUT2D eigenvalue weighted by Gasteiger charge is -2.67. The van der Waals surface area contributed by atoms with Crippen LogP contribution in [-0.2, 0) is 9.47 Å². The number of ether oxygens (including phenoxy) is 2. The molecule has 1 aliphatic heterocycles. The number of hydrogen-bond donors (Lipinski definition) is 7. The molecule has 7 N–H and O–H groups in total. The van der Waals surface area contributed by atoms with E-state index in [4.69, 9.17) is 9.47 Å². The number of hydrogen-bond acceptors (Lipinski definition) is 9. The van der Waals surface area contributed by atoms with Gasteiger partial charge < -0.3 is 45.2 Å². The molecule has 0 bridgehead atoms. The molecule has 0 aromatic heterocycles. The number of fused-ring (bicyclic) bond motifs is 5. The summed E-state index contributed by atoms with van der Waals surface area (Å²) in [4.78, 5) is 0. The van der Waals surface area contributed by atoms with E-state index in [1.807, 2.05) is 0 Å². The summed E-state index contributed by atoms with van der Waals surface area (Å²) in [6.45, 7) is 16.5. The molecule has 0 spiro atoms. The minimum Gasteiger partial charge on any atom is -0.394 e.